The first-order chi connectivity index (χ1) is 9.63. The number of hydrogen-bond acceptors (Lipinski definition) is 5. The van der Waals surface area contributed by atoms with Gasteiger partial charge in [-0.25, -0.2) is 0 Å². The molecule has 0 aliphatic heterocycles. The summed E-state index contributed by atoms with van der Waals surface area (Å²) in [6.45, 7) is 0. The van der Waals surface area contributed by atoms with Crippen LogP contribution in [-0.2, 0) is 0 Å². The first-order valence-corrected chi connectivity index (χ1v) is 6.39. The van der Waals surface area contributed by atoms with E-state index in [1.54, 1.807) is 36.7 Å². The van der Waals surface area contributed by atoms with Crippen molar-refractivity contribution in [3.05, 3.63) is 46.7 Å². The third kappa shape index (κ3) is 2.45. The van der Waals surface area contributed by atoms with Crippen molar-refractivity contribution < 1.29 is 4.52 Å². The lowest BCUT2D eigenvalue weighted by Crippen LogP contribution is -1.87. The zero-order chi connectivity index (χ0) is 14.1. The van der Waals surface area contributed by atoms with Crippen LogP contribution in [0.15, 0.2) is 41.2 Å². The van der Waals surface area contributed by atoms with E-state index < -0.39 is 0 Å². The lowest BCUT2D eigenvalue weighted by atomic mass is 10.2. The molecule has 0 fully saturated rings. The van der Waals surface area contributed by atoms with Crippen molar-refractivity contribution in [3.8, 4) is 22.8 Å². The minimum atomic E-state index is 0.339. The van der Waals surface area contributed by atoms with E-state index in [-0.39, 0.29) is 0 Å². The van der Waals surface area contributed by atoms with E-state index in [0.29, 0.717) is 38.6 Å². The van der Waals surface area contributed by atoms with Gasteiger partial charge in [-0.3, -0.25) is 4.98 Å². The Morgan fingerprint density at radius 1 is 1.00 bits per heavy atom. The summed E-state index contributed by atoms with van der Waals surface area (Å²) in [5.41, 5.74) is 7.56. The molecule has 100 valence electrons. The Balaban J connectivity index is 1.99. The van der Waals surface area contributed by atoms with Crippen LogP contribution in [0.1, 0.15) is 0 Å². The molecule has 5 nitrogen and oxygen atoms in total. The summed E-state index contributed by atoms with van der Waals surface area (Å²) >= 11 is 11.8. The second kappa shape index (κ2) is 5.11. The summed E-state index contributed by atoms with van der Waals surface area (Å²) in [6, 6.07) is 6.83. The number of nitrogen functional groups attached to an aromatic ring is 1. The molecular formula is C13H8Cl2N4O. The Morgan fingerprint density at radius 2 is 1.85 bits per heavy atom. The maximum Gasteiger partial charge on any atom is 0.259 e. The van der Waals surface area contributed by atoms with E-state index in [9.17, 15) is 0 Å². The summed E-state index contributed by atoms with van der Waals surface area (Å²) in [7, 11) is 0. The highest BCUT2D eigenvalue weighted by Crippen LogP contribution is 2.28. The standard InChI is InChI=1S/C13H8Cl2N4O/c14-10-2-1-7(4-11(10)15)12-18-13(20-19-12)8-3-9(16)6-17-5-8/h1-6H,16H2. The van der Waals surface area contributed by atoms with E-state index in [2.05, 4.69) is 15.1 Å². The largest absolute Gasteiger partial charge is 0.397 e. The van der Waals surface area contributed by atoms with Crippen LogP contribution in [0.5, 0.6) is 0 Å². The van der Waals surface area contributed by atoms with Gasteiger partial charge in [0, 0.05) is 18.0 Å². The van der Waals surface area contributed by atoms with Crippen LogP contribution in [0.2, 0.25) is 10.0 Å². The van der Waals surface area contributed by atoms with Gasteiger partial charge in [0.25, 0.3) is 5.89 Å². The van der Waals surface area contributed by atoms with Crippen LogP contribution in [0.3, 0.4) is 0 Å². The molecule has 0 bridgehead atoms. The monoisotopic (exact) mass is 306 g/mol. The fraction of sp³-hybridized carbons (Fsp3) is 0. The Bertz CT molecular complexity index is 773. The van der Waals surface area contributed by atoms with E-state index in [4.69, 9.17) is 33.5 Å². The zero-order valence-corrected chi connectivity index (χ0v) is 11.6. The number of pyridine rings is 1. The lowest BCUT2D eigenvalue weighted by molar-refractivity contribution is 0.432. The molecule has 3 aromatic rings. The summed E-state index contributed by atoms with van der Waals surface area (Å²) in [5.74, 6) is 0.756. The smallest absolute Gasteiger partial charge is 0.259 e. The van der Waals surface area contributed by atoms with Gasteiger partial charge in [-0.1, -0.05) is 28.4 Å². The summed E-state index contributed by atoms with van der Waals surface area (Å²) in [5, 5.41) is 4.81. The molecule has 20 heavy (non-hydrogen) atoms. The zero-order valence-electron chi connectivity index (χ0n) is 10.0. The van der Waals surface area contributed by atoms with Crippen molar-refractivity contribution in [2.45, 2.75) is 0 Å². The molecule has 2 aromatic heterocycles. The fourth-order valence-electron chi connectivity index (χ4n) is 1.67. The topological polar surface area (TPSA) is 77.8 Å². The Kier molecular flexibility index (Phi) is 3.30. The van der Waals surface area contributed by atoms with E-state index in [1.807, 2.05) is 0 Å². The maximum atomic E-state index is 5.96. The molecule has 0 aliphatic rings. The van der Waals surface area contributed by atoms with Crippen molar-refractivity contribution in [1.82, 2.24) is 15.1 Å². The third-order valence-electron chi connectivity index (χ3n) is 2.61. The van der Waals surface area contributed by atoms with Crippen molar-refractivity contribution in [3.63, 3.8) is 0 Å². The molecule has 0 aliphatic carbocycles. The number of anilines is 1. The van der Waals surface area contributed by atoms with Gasteiger partial charge in [-0.05, 0) is 24.3 Å². The van der Waals surface area contributed by atoms with Crippen LogP contribution in [0.25, 0.3) is 22.8 Å². The van der Waals surface area contributed by atoms with Gasteiger partial charge in [0.1, 0.15) is 0 Å². The molecule has 7 heteroatoms. The predicted molar refractivity (Wildman–Crippen MR) is 77.4 cm³/mol. The summed E-state index contributed by atoms with van der Waals surface area (Å²) in [6.07, 6.45) is 3.14. The van der Waals surface area contributed by atoms with Gasteiger partial charge in [0.05, 0.1) is 21.3 Å². The highest BCUT2D eigenvalue weighted by Gasteiger charge is 2.12. The Hall–Kier alpha value is -2.11. The molecule has 3 rings (SSSR count). The summed E-state index contributed by atoms with van der Waals surface area (Å²) in [4.78, 5) is 8.26. The number of nitrogens with zero attached hydrogens (tertiary/aromatic N) is 3. The highest BCUT2D eigenvalue weighted by molar-refractivity contribution is 6.42. The molecule has 0 amide bonds. The molecule has 0 radical (unpaired) electrons. The van der Waals surface area contributed by atoms with Crippen molar-refractivity contribution >= 4 is 28.9 Å². The average Bonchev–Trinajstić information content (AvgIpc) is 2.92. The van der Waals surface area contributed by atoms with Gasteiger partial charge < -0.3 is 10.3 Å². The highest BCUT2D eigenvalue weighted by atomic mass is 35.5. The van der Waals surface area contributed by atoms with E-state index in [0.717, 1.165) is 0 Å². The van der Waals surface area contributed by atoms with Crippen LogP contribution >= 0.6 is 23.2 Å². The molecule has 0 saturated carbocycles. The lowest BCUT2D eigenvalue weighted by Gasteiger charge is -1.97. The van der Waals surface area contributed by atoms with E-state index in [1.165, 1.54) is 0 Å². The molecule has 0 atom stereocenters. The predicted octanol–water partition coefficient (Wildman–Crippen LogP) is 3.69. The second-order valence-corrected chi connectivity index (χ2v) is 4.87. The Morgan fingerprint density at radius 3 is 2.60 bits per heavy atom. The molecule has 0 spiro atoms. The maximum absolute atomic E-state index is 5.96. The van der Waals surface area contributed by atoms with Crippen molar-refractivity contribution in [2.24, 2.45) is 0 Å². The minimum Gasteiger partial charge on any atom is -0.397 e. The number of aromatic nitrogens is 3. The molecule has 2 N–H and O–H groups in total. The SMILES string of the molecule is Nc1cncc(-c2nc(-c3ccc(Cl)c(Cl)c3)no2)c1. The van der Waals surface area contributed by atoms with Gasteiger partial charge in [-0.2, -0.15) is 4.98 Å². The molecule has 2 heterocycles. The van der Waals surface area contributed by atoms with Crippen LogP contribution in [0.4, 0.5) is 5.69 Å². The van der Waals surface area contributed by atoms with Crippen LogP contribution < -0.4 is 5.73 Å². The fourth-order valence-corrected chi connectivity index (χ4v) is 1.97. The Labute approximate surface area is 124 Å². The van der Waals surface area contributed by atoms with Gasteiger partial charge in [-0.15, -0.1) is 0 Å². The number of halogens is 2. The number of nitrogens with two attached hydrogens (primary N) is 1. The van der Waals surface area contributed by atoms with E-state index >= 15 is 0 Å². The normalized spacial score (nSPS) is 10.7. The molecule has 1 aromatic carbocycles. The quantitative estimate of drug-likeness (QED) is 0.781. The van der Waals surface area contributed by atoms with Crippen LogP contribution in [0, 0.1) is 0 Å². The van der Waals surface area contributed by atoms with Crippen molar-refractivity contribution in [1.29, 1.82) is 0 Å². The number of rotatable bonds is 2. The third-order valence-corrected chi connectivity index (χ3v) is 3.35. The number of benzene rings is 1. The first kappa shape index (κ1) is 12.9. The summed E-state index contributed by atoms with van der Waals surface area (Å²) < 4.78 is 5.20. The molecular weight excluding hydrogens is 299 g/mol. The minimum absolute atomic E-state index is 0.339. The van der Waals surface area contributed by atoms with Crippen LogP contribution in [-0.4, -0.2) is 15.1 Å². The number of hydrogen-bond donors (Lipinski definition) is 1. The molecule has 0 unspecified atom stereocenters. The van der Waals surface area contributed by atoms with Gasteiger partial charge >= 0.3 is 0 Å². The van der Waals surface area contributed by atoms with Gasteiger partial charge in [0.2, 0.25) is 5.82 Å². The molecule has 0 saturated heterocycles. The van der Waals surface area contributed by atoms with Gasteiger partial charge in [0.15, 0.2) is 0 Å². The average molecular weight is 307 g/mol. The second-order valence-electron chi connectivity index (χ2n) is 4.06. The first-order valence-electron chi connectivity index (χ1n) is 5.63. The van der Waals surface area contributed by atoms with Crippen molar-refractivity contribution in [2.75, 3.05) is 5.73 Å².